The highest BCUT2D eigenvalue weighted by atomic mass is 16.6. The summed E-state index contributed by atoms with van der Waals surface area (Å²) in [6.45, 7) is 7.77. The van der Waals surface area contributed by atoms with Crippen LogP contribution in [0.2, 0.25) is 0 Å². The van der Waals surface area contributed by atoms with Crippen LogP contribution in [0.1, 0.15) is 88.2 Å². The maximum atomic E-state index is 12.9. The largest absolute Gasteiger partial charge is 0.491 e. The lowest BCUT2D eigenvalue weighted by Crippen LogP contribution is -2.29. The quantitative estimate of drug-likeness (QED) is 0.479. The first-order valence-corrected chi connectivity index (χ1v) is 11.1. The lowest BCUT2D eigenvalue weighted by molar-refractivity contribution is 0.00568. The summed E-state index contributed by atoms with van der Waals surface area (Å²) in [5.41, 5.74) is 0.0724. The van der Waals surface area contributed by atoms with Crippen LogP contribution in [0.5, 0.6) is 11.6 Å². The number of rotatable bonds is 8. The molecule has 0 radical (unpaired) electrons. The minimum Gasteiger partial charge on any atom is -0.491 e. The second-order valence-corrected chi connectivity index (χ2v) is 9.22. The van der Waals surface area contributed by atoms with Crippen molar-refractivity contribution in [3.8, 4) is 11.6 Å². The Bertz CT molecular complexity index is 888. The van der Waals surface area contributed by atoms with Crippen LogP contribution < -0.4 is 4.74 Å². The second-order valence-electron chi connectivity index (χ2n) is 9.22. The monoisotopic (exact) mass is 427 g/mol. The Kier molecular flexibility index (Phi) is 7.13. The van der Waals surface area contributed by atoms with E-state index in [9.17, 15) is 9.90 Å². The van der Waals surface area contributed by atoms with Crippen molar-refractivity contribution in [2.75, 3.05) is 6.61 Å². The zero-order valence-corrected chi connectivity index (χ0v) is 19.0. The molecular weight excluding hydrogens is 394 g/mol. The van der Waals surface area contributed by atoms with Gasteiger partial charge in [0.25, 0.3) is 5.88 Å². The number of hydrogen-bond acceptors (Lipinski definition) is 7. The minimum atomic E-state index is -0.695. The molecule has 1 N–H and O–H groups in total. The molecule has 1 saturated carbocycles. The smallest absolute Gasteiger partial charge is 0.361 e. The molecule has 2 heterocycles. The van der Waals surface area contributed by atoms with E-state index >= 15 is 0 Å². The zero-order valence-electron chi connectivity index (χ0n) is 19.0. The zero-order chi connectivity index (χ0) is 22.5. The van der Waals surface area contributed by atoms with E-state index in [2.05, 4.69) is 15.0 Å². The fourth-order valence-electron chi connectivity index (χ4n) is 4.03. The van der Waals surface area contributed by atoms with Crippen molar-refractivity contribution in [3.05, 3.63) is 41.6 Å². The van der Waals surface area contributed by atoms with Gasteiger partial charge >= 0.3 is 5.97 Å². The maximum Gasteiger partial charge on any atom is 0.361 e. The normalized spacial score (nSPS) is 15.6. The van der Waals surface area contributed by atoms with Crippen molar-refractivity contribution in [2.24, 2.45) is 0 Å². The van der Waals surface area contributed by atoms with Gasteiger partial charge in [0.05, 0.1) is 6.61 Å². The maximum absolute atomic E-state index is 12.9. The summed E-state index contributed by atoms with van der Waals surface area (Å²) in [5, 5.41) is 10.6. The lowest BCUT2D eigenvalue weighted by Gasteiger charge is -2.28. The van der Waals surface area contributed by atoms with Gasteiger partial charge in [-0.15, -0.1) is 0 Å². The van der Waals surface area contributed by atoms with Crippen LogP contribution in [0, 0.1) is 0 Å². The number of aromatic nitrogens is 3. The predicted molar refractivity (Wildman–Crippen MR) is 117 cm³/mol. The lowest BCUT2D eigenvalue weighted by atomic mass is 9.79. The van der Waals surface area contributed by atoms with Crippen LogP contribution >= 0.6 is 0 Å². The number of pyridine rings is 1. The number of ether oxygens (including phenoxy) is 2. The Morgan fingerprint density at radius 3 is 2.55 bits per heavy atom. The van der Waals surface area contributed by atoms with Crippen LogP contribution in [0.3, 0.4) is 0 Å². The molecule has 7 nitrogen and oxygen atoms in total. The summed E-state index contributed by atoms with van der Waals surface area (Å²) in [5.74, 6) is -0.564. The van der Waals surface area contributed by atoms with Gasteiger partial charge in [-0.3, -0.25) is 4.98 Å². The molecule has 1 fully saturated rings. The molecule has 0 unspecified atom stereocenters. The third-order valence-corrected chi connectivity index (χ3v) is 5.50. The van der Waals surface area contributed by atoms with E-state index in [1.54, 1.807) is 27.0 Å². The summed E-state index contributed by atoms with van der Waals surface area (Å²) >= 11 is 0. The van der Waals surface area contributed by atoms with Crippen LogP contribution in [-0.2, 0) is 16.6 Å². The van der Waals surface area contributed by atoms with Crippen molar-refractivity contribution < 1.29 is 19.4 Å². The molecule has 0 saturated heterocycles. The number of carbonyl (C=O) groups excluding carboxylic acids is 1. The average Bonchev–Trinajstić information content (AvgIpc) is 3.18. The Morgan fingerprint density at radius 2 is 1.94 bits per heavy atom. The number of hydrogen-bond donors (Lipinski definition) is 1. The fourth-order valence-corrected chi connectivity index (χ4v) is 4.03. The Hall–Kier alpha value is -2.70. The Balaban J connectivity index is 1.97. The van der Waals surface area contributed by atoms with Crippen molar-refractivity contribution in [1.29, 1.82) is 0 Å². The van der Waals surface area contributed by atoms with Gasteiger partial charge in [-0.2, -0.15) is 4.98 Å². The minimum absolute atomic E-state index is 0.00948. The SMILES string of the molecule is CCCCOc1c(O)nc(CC2(c3ccccn3)CCCC2)nc1C(=O)OC(C)(C)C. The van der Waals surface area contributed by atoms with E-state index in [-0.39, 0.29) is 22.7 Å². The Labute approximate surface area is 184 Å². The summed E-state index contributed by atoms with van der Waals surface area (Å²) in [4.78, 5) is 26.3. The van der Waals surface area contributed by atoms with Crippen molar-refractivity contribution in [1.82, 2.24) is 15.0 Å². The molecule has 1 aliphatic carbocycles. The highest BCUT2D eigenvalue weighted by molar-refractivity contribution is 5.91. The van der Waals surface area contributed by atoms with E-state index in [1.165, 1.54) is 0 Å². The van der Waals surface area contributed by atoms with Crippen molar-refractivity contribution in [3.63, 3.8) is 0 Å². The van der Waals surface area contributed by atoms with E-state index in [0.29, 0.717) is 18.9 Å². The molecule has 0 amide bonds. The first kappa shape index (κ1) is 23.0. The molecule has 3 rings (SSSR count). The predicted octanol–water partition coefficient (Wildman–Crippen LogP) is 4.77. The fraction of sp³-hybridized carbons (Fsp3) is 0.583. The summed E-state index contributed by atoms with van der Waals surface area (Å²) in [7, 11) is 0. The Morgan fingerprint density at radius 1 is 1.19 bits per heavy atom. The van der Waals surface area contributed by atoms with Gasteiger partial charge in [0.1, 0.15) is 11.4 Å². The highest BCUT2D eigenvalue weighted by Crippen LogP contribution is 2.43. The third kappa shape index (κ3) is 5.71. The van der Waals surface area contributed by atoms with Gasteiger partial charge in [0.15, 0.2) is 5.69 Å². The summed E-state index contributed by atoms with van der Waals surface area (Å²) < 4.78 is 11.2. The molecule has 1 aliphatic rings. The molecule has 0 bridgehead atoms. The van der Waals surface area contributed by atoms with E-state index in [4.69, 9.17) is 9.47 Å². The number of carbonyl (C=O) groups is 1. The van der Waals surface area contributed by atoms with Crippen LogP contribution in [0.4, 0.5) is 0 Å². The molecule has 0 spiro atoms. The third-order valence-electron chi connectivity index (χ3n) is 5.50. The topological polar surface area (TPSA) is 94.4 Å². The summed E-state index contributed by atoms with van der Waals surface area (Å²) in [6.07, 6.45) is 8.12. The summed E-state index contributed by atoms with van der Waals surface area (Å²) in [6, 6.07) is 5.91. The average molecular weight is 428 g/mol. The number of unbranched alkanes of at least 4 members (excludes halogenated alkanes) is 1. The van der Waals surface area contributed by atoms with Gasteiger partial charge in [-0.1, -0.05) is 32.3 Å². The number of aromatic hydroxyl groups is 1. The molecule has 7 heteroatoms. The molecule has 0 aliphatic heterocycles. The van der Waals surface area contributed by atoms with E-state index < -0.39 is 11.6 Å². The van der Waals surface area contributed by atoms with Crippen LogP contribution in [0.25, 0.3) is 0 Å². The van der Waals surface area contributed by atoms with Crippen LogP contribution in [-0.4, -0.2) is 38.2 Å². The highest BCUT2D eigenvalue weighted by Gasteiger charge is 2.38. The van der Waals surface area contributed by atoms with Gasteiger partial charge in [-0.05, 0) is 52.2 Å². The van der Waals surface area contributed by atoms with Gasteiger partial charge in [0, 0.05) is 23.7 Å². The second kappa shape index (κ2) is 9.62. The molecule has 0 atom stereocenters. The molecule has 2 aromatic heterocycles. The van der Waals surface area contributed by atoms with Gasteiger partial charge < -0.3 is 14.6 Å². The number of esters is 1. The van der Waals surface area contributed by atoms with Crippen molar-refractivity contribution >= 4 is 5.97 Å². The van der Waals surface area contributed by atoms with Gasteiger partial charge in [0.2, 0.25) is 5.75 Å². The molecule has 31 heavy (non-hydrogen) atoms. The van der Waals surface area contributed by atoms with Gasteiger partial charge in [-0.25, -0.2) is 9.78 Å². The molecule has 0 aromatic carbocycles. The molecular formula is C24H33N3O4. The van der Waals surface area contributed by atoms with E-state index in [0.717, 1.165) is 44.2 Å². The van der Waals surface area contributed by atoms with Crippen LogP contribution in [0.15, 0.2) is 24.4 Å². The number of nitrogens with zero attached hydrogens (tertiary/aromatic N) is 3. The van der Waals surface area contributed by atoms with E-state index in [1.807, 2.05) is 25.1 Å². The molecule has 2 aromatic rings. The first-order valence-electron chi connectivity index (χ1n) is 11.1. The molecule has 168 valence electrons. The standard InChI is InChI=1S/C24H33N3O4/c1-5-6-15-30-20-19(22(29)31-23(2,3)4)26-18(27-21(20)28)16-24(12-8-9-13-24)17-11-7-10-14-25-17/h7,10-11,14H,5-6,8-9,12-13,15-16H2,1-4H3,(H,26,27,28). The first-order chi connectivity index (χ1) is 14.7. The van der Waals surface area contributed by atoms with Crippen molar-refractivity contribution in [2.45, 2.75) is 83.7 Å².